The van der Waals surface area contributed by atoms with E-state index in [4.69, 9.17) is 11.6 Å². The summed E-state index contributed by atoms with van der Waals surface area (Å²) in [5.41, 5.74) is 1.17. The average Bonchev–Trinajstić information content (AvgIpc) is 3.29. The van der Waals surface area contributed by atoms with Crippen LogP contribution in [-0.2, 0) is 6.54 Å². The van der Waals surface area contributed by atoms with Gasteiger partial charge in [0.1, 0.15) is 5.82 Å². The minimum absolute atomic E-state index is 0.504. The monoisotopic (exact) mass is 308 g/mol. The minimum atomic E-state index is 0.504. The molecule has 0 bridgehead atoms. The van der Waals surface area contributed by atoms with Gasteiger partial charge in [0.05, 0.1) is 5.02 Å². The van der Waals surface area contributed by atoms with Crippen LogP contribution in [0.5, 0.6) is 0 Å². The molecule has 4 nitrogen and oxygen atoms in total. The highest BCUT2D eigenvalue weighted by molar-refractivity contribution is 6.33. The number of nitrogens with zero attached hydrogens (tertiary/aromatic N) is 3. The molecule has 1 saturated heterocycles. The van der Waals surface area contributed by atoms with Crippen LogP contribution in [0.3, 0.4) is 0 Å². The lowest BCUT2D eigenvalue weighted by molar-refractivity contribution is 0.247. The summed E-state index contributed by atoms with van der Waals surface area (Å²) in [5.74, 6) is 0.909. The van der Waals surface area contributed by atoms with Crippen molar-refractivity contribution < 1.29 is 0 Å². The van der Waals surface area contributed by atoms with Gasteiger partial charge in [-0.1, -0.05) is 11.6 Å². The molecule has 2 fully saturated rings. The SMILES string of the molecule is CN1CCCC(N(C)c2ncc(CNC3CC3)cc2Cl)C1. The number of nitrogens with one attached hydrogen (secondary N) is 1. The fourth-order valence-electron chi connectivity index (χ4n) is 3.00. The van der Waals surface area contributed by atoms with Gasteiger partial charge < -0.3 is 15.1 Å². The summed E-state index contributed by atoms with van der Waals surface area (Å²) in [6.45, 7) is 3.14. The number of aromatic nitrogens is 1. The van der Waals surface area contributed by atoms with Crippen molar-refractivity contribution in [1.82, 2.24) is 15.2 Å². The second kappa shape index (κ2) is 6.51. The molecular formula is C16H25ClN4. The predicted octanol–water partition coefficient (Wildman–Crippen LogP) is 2.52. The Balaban J connectivity index is 1.65. The Bertz CT molecular complexity index is 489. The third kappa shape index (κ3) is 3.87. The van der Waals surface area contributed by atoms with Crippen LogP contribution < -0.4 is 10.2 Å². The Morgan fingerprint density at radius 1 is 1.43 bits per heavy atom. The van der Waals surface area contributed by atoms with E-state index in [1.165, 1.54) is 37.8 Å². The van der Waals surface area contributed by atoms with Crippen molar-refractivity contribution in [3.63, 3.8) is 0 Å². The van der Waals surface area contributed by atoms with E-state index in [1.54, 1.807) is 0 Å². The van der Waals surface area contributed by atoms with Crippen molar-refractivity contribution in [3.05, 3.63) is 22.8 Å². The van der Waals surface area contributed by atoms with Gasteiger partial charge in [-0.25, -0.2) is 4.98 Å². The molecule has 0 aromatic carbocycles. The summed E-state index contributed by atoms with van der Waals surface area (Å²) in [5, 5.41) is 4.26. The molecule has 0 spiro atoms. The number of halogens is 1. The summed E-state index contributed by atoms with van der Waals surface area (Å²) < 4.78 is 0. The Morgan fingerprint density at radius 2 is 2.24 bits per heavy atom. The van der Waals surface area contributed by atoms with Gasteiger partial charge in [-0.3, -0.25) is 0 Å². The molecule has 2 heterocycles. The Labute approximate surface area is 132 Å². The standard InChI is InChI=1S/C16H25ClN4/c1-20-7-3-4-14(11-20)21(2)16-15(17)8-12(10-19-16)9-18-13-5-6-13/h8,10,13-14,18H,3-7,9,11H2,1-2H3. The molecule has 21 heavy (non-hydrogen) atoms. The molecule has 1 saturated carbocycles. The summed E-state index contributed by atoms with van der Waals surface area (Å²) in [7, 11) is 4.29. The Kier molecular flexibility index (Phi) is 4.67. The van der Waals surface area contributed by atoms with Crippen LogP contribution in [0.4, 0.5) is 5.82 Å². The fraction of sp³-hybridized carbons (Fsp3) is 0.688. The molecule has 1 aliphatic carbocycles. The average molecular weight is 309 g/mol. The van der Waals surface area contributed by atoms with E-state index in [-0.39, 0.29) is 0 Å². The Hall–Kier alpha value is -0.840. The molecule has 1 aromatic rings. The third-order valence-electron chi connectivity index (χ3n) is 4.53. The van der Waals surface area contributed by atoms with Gasteiger partial charge in [0.25, 0.3) is 0 Å². The highest BCUT2D eigenvalue weighted by Crippen LogP contribution is 2.27. The number of rotatable bonds is 5. The van der Waals surface area contributed by atoms with Crippen molar-refractivity contribution in [2.45, 2.75) is 44.3 Å². The zero-order valence-electron chi connectivity index (χ0n) is 13.0. The first-order valence-corrected chi connectivity index (χ1v) is 8.30. The van der Waals surface area contributed by atoms with Crippen LogP contribution in [0.1, 0.15) is 31.2 Å². The zero-order valence-corrected chi connectivity index (χ0v) is 13.7. The van der Waals surface area contributed by atoms with E-state index in [1.807, 2.05) is 6.20 Å². The summed E-state index contributed by atoms with van der Waals surface area (Å²) in [6, 6.07) is 3.27. The normalized spacial score (nSPS) is 23.3. The summed E-state index contributed by atoms with van der Waals surface area (Å²) in [6.07, 6.45) is 7.02. The quantitative estimate of drug-likeness (QED) is 0.906. The maximum absolute atomic E-state index is 6.47. The number of pyridine rings is 1. The molecular weight excluding hydrogens is 284 g/mol. The van der Waals surface area contributed by atoms with Crippen molar-refractivity contribution >= 4 is 17.4 Å². The molecule has 1 atom stereocenters. The zero-order chi connectivity index (χ0) is 14.8. The van der Waals surface area contributed by atoms with E-state index < -0.39 is 0 Å². The second-order valence-electron chi connectivity index (χ2n) is 6.47. The summed E-state index contributed by atoms with van der Waals surface area (Å²) >= 11 is 6.47. The van der Waals surface area contributed by atoms with Gasteiger partial charge in [-0.2, -0.15) is 0 Å². The molecule has 1 aliphatic heterocycles. The maximum atomic E-state index is 6.47. The number of hydrogen-bond acceptors (Lipinski definition) is 4. The van der Waals surface area contributed by atoms with E-state index in [0.717, 1.165) is 23.9 Å². The lowest BCUT2D eigenvalue weighted by atomic mass is 10.1. The van der Waals surface area contributed by atoms with E-state index in [0.29, 0.717) is 12.1 Å². The number of hydrogen-bond donors (Lipinski definition) is 1. The maximum Gasteiger partial charge on any atom is 0.147 e. The van der Waals surface area contributed by atoms with Gasteiger partial charge in [0.2, 0.25) is 0 Å². The number of likely N-dealkylation sites (tertiary alicyclic amines) is 1. The van der Waals surface area contributed by atoms with Crippen molar-refractivity contribution in [1.29, 1.82) is 0 Å². The lowest BCUT2D eigenvalue weighted by Crippen LogP contribution is -2.45. The van der Waals surface area contributed by atoms with Crippen molar-refractivity contribution in [2.75, 3.05) is 32.1 Å². The smallest absolute Gasteiger partial charge is 0.147 e. The summed E-state index contributed by atoms with van der Waals surface area (Å²) in [4.78, 5) is 9.24. The molecule has 5 heteroatoms. The molecule has 3 rings (SSSR count). The second-order valence-corrected chi connectivity index (χ2v) is 6.88. The highest BCUT2D eigenvalue weighted by Gasteiger charge is 2.24. The van der Waals surface area contributed by atoms with Crippen LogP contribution in [0.2, 0.25) is 5.02 Å². The fourth-order valence-corrected chi connectivity index (χ4v) is 3.33. The number of likely N-dealkylation sites (N-methyl/N-ethyl adjacent to an activating group) is 2. The van der Waals surface area contributed by atoms with Gasteiger partial charge in [0, 0.05) is 38.4 Å². The molecule has 0 amide bonds. The van der Waals surface area contributed by atoms with Gasteiger partial charge in [0.15, 0.2) is 0 Å². The molecule has 2 aliphatic rings. The first-order chi connectivity index (χ1) is 10.1. The van der Waals surface area contributed by atoms with Crippen molar-refractivity contribution in [2.24, 2.45) is 0 Å². The van der Waals surface area contributed by atoms with Crippen LogP contribution in [-0.4, -0.2) is 49.2 Å². The third-order valence-corrected chi connectivity index (χ3v) is 4.81. The molecule has 1 N–H and O–H groups in total. The first-order valence-electron chi connectivity index (χ1n) is 7.92. The van der Waals surface area contributed by atoms with E-state index in [9.17, 15) is 0 Å². The first kappa shape index (κ1) is 15.1. The Morgan fingerprint density at radius 3 is 2.90 bits per heavy atom. The van der Waals surface area contributed by atoms with Gasteiger partial charge >= 0.3 is 0 Å². The number of piperidine rings is 1. The van der Waals surface area contributed by atoms with Crippen LogP contribution in [0, 0.1) is 0 Å². The molecule has 1 unspecified atom stereocenters. The van der Waals surface area contributed by atoms with Crippen LogP contribution in [0.25, 0.3) is 0 Å². The predicted molar refractivity (Wildman–Crippen MR) is 88.0 cm³/mol. The molecule has 116 valence electrons. The topological polar surface area (TPSA) is 31.4 Å². The van der Waals surface area contributed by atoms with Crippen LogP contribution >= 0.6 is 11.6 Å². The van der Waals surface area contributed by atoms with Crippen molar-refractivity contribution in [3.8, 4) is 0 Å². The molecule has 1 aromatic heterocycles. The lowest BCUT2D eigenvalue weighted by Gasteiger charge is -2.36. The number of anilines is 1. The van der Waals surface area contributed by atoms with Crippen LogP contribution in [0.15, 0.2) is 12.3 Å². The van der Waals surface area contributed by atoms with E-state index >= 15 is 0 Å². The highest BCUT2D eigenvalue weighted by atomic mass is 35.5. The molecule has 0 radical (unpaired) electrons. The van der Waals surface area contributed by atoms with Gasteiger partial charge in [-0.15, -0.1) is 0 Å². The van der Waals surface area contributed by atoms with Gasteiger partial charge in [-0.05, 0) is 50.9 Å². The van der Waals surface area contributed by atoms with E-state index in [2.05, 4.69) is 40.3 Å². The largest absolute Gasteiger partial charge is 0.354 e. The minimum Gasteiger partial charge on any atom is -0.354 e.